The monoisotopic (exact) mass is 353 g/mol. The minimum atomic E-state index is -0.627. The average molecular weight is 353 g/mol. The number of carbonyl (C=O) groups is 1. The van der Waals surface area contributed by atoms with Crippen LogP contribution in [0.3, 0.4) is 0 Å². The van der Waals surface area contributed by atoms with Crippen LogP contribution in [0.4, 0.5) is 5.69 Å². The fourth-order valence-corrected chi connectivity index (χ4v) is 2.39. The van der Waals surface area contributed by atoms with Crippen LogP contribution in [-0.4, -0.2) is 50.9 Å². The maximum atomic E-state index is 12.4. The van der Waals surface area contributed by atoms with Crippen molar-refractivity contribution in [3.8, 4) is 11.5 Å². The van der Waals surface area contributed by atoms with Gasteiger partial charge in [-0.05, 0) is 18.8 Å². The van der Waals surface area contributed by atoms with E-state index in [1.54, 1.807) is 0 Å². The van der Waals surface area contributed by atoms with Gasteiger partial charge in [0.15, 0.2) is 11.5 Å². The number of ether oxygens (including phenoxy) is 3. The molecule has 0 heterocycles. The SMILES string of the molecule is COCCOc1cc([N+](=O)[O-])c(C(=O)NCC(N)C2CC2)cc1OC. The Morgan fingerprint density at radius 1 is 1.36 bits per heavy atom. The number of rotatable bonds is 10. The predicted molar refractivity (Wildman–Crippen MR) is 90.1 cm³/mol. The number of carbonyl (C=O) groups excluding carboxylic acids is 1. The second-order valence-corrected chi connectivity index (χ2v) is 5.83. The van der Waals surface area contributed by atoms with Crippen LogP contribution in [0.5, 0.6) is 11.5 Å². The summed E-state index contributed by atoms with van der Waals surface area (Å²) in [6.45, 7) is 0.791. The lowest BCUT2D eigenvalue weighted by Crippen LogP contribution is -2.38. The Labute approximate surface area is 145 Å². The smallest absolute Gasteiger partial charge is 0.286 e. The van der Waals surface area contributed by atoms with E-state index in [0.29, 0.717) is 12.5 Å². The van der Waals surface area contributed by atoms with E-state index >= 15 is 0 Å². The Morgan fingerprint density at radius 3 is 2.64 bits per heavy atom. The molecule has 1 amide bonds. The number of nitrogens with two attached hydrogens (primary N) is 1. The number of nitro benzene ring substituents is 1. The summed E-state index contributed by atoms with van der Waals surface area (Å²) in [7, 11) is 2.91. The standard InChI is InChI=1S/C16H23N3O6/c1-23-5-6-25-15-8-13(19(21)22)11(7-14(15)24-2)16(20)18-9-12(17)10-3-4-10/h7-8,10,12H,3-6,9,17H2,1-2H3,(H,18,20). The molecule has 0 spiro atoms. The first-order valence-electron chi connectivity index (χ1n) is 7.99. The molecule has 0 radical (unpaired) electrons. The first-order chi connectivity index (χ1) is 12.0. The summed E-state index contributed by atoms with van der Waals surface area (Å²) in [5, 5.41) is 14.0. The van der Waals surface area contributed by atoms with Gasteiger partial charge < -0.3 is 25.3 Å². The Kier molecular flexibility index (Phi) is 6.54. The van der Waals surface area contributed by atoms with Crippen LogP contribution in [0.2, 0.25) is 0 Å². The first kappa shape index (κ1) is 18.9. The van der Waals surface area contributed by atoms with E-state index in [2.05, 4.69) is 5.32 Å². The van der Waals surface area contributed by atoms with E-state index < -0.39 is 10.8 Å². The van der Waals surface area contributed by atoms with Crippen LogP contribution < -0.4 is 20.5 Å². The number of benzene rings is 1. The maximum absolute atomic E-state index is 12.4. The van der Waals surface area contributed by atoms with Gasteiger partial charge in [0, 0.05) is 25.8 Å². The minimum Gasteiger partial charge on any atom is -0.493 e. The molecule has 1 saturated carbocycles. The van der Waals surface area contributed by atoms with Gasteiger partial charge in [0.1, 0.15) is 12.2 Å². The fourth-order valence-electron chi connectivity index (χ4n) is 2.39. The Bertz CT molecular complexity index is 633. The molecule has 25 heavy (non-hydrogen) atoms. The molecule has 1 fully saturated rings. The largest absolute Gasteiger partial charge is 0.493 e. The summed E-state index contributed by atoms with van der Waals surface area (Å²) in [6.07, 6.45) is 2.11. The summed E-state index contributed by atoms with van der Waals surface area (Å²) in [4.78, 5) is 23.1. The van der Waals surface area contributed by atoms with Gasteiger partial charge in [-0.3, -0.25) is 14.9 Å². The van der Waals surface area contributed by atoms with Crippen molar-refractivity contribution in [1.82, 2.24) is 5.32 Å². The number of nitrogens with one attached hydrogen (secondary N) is 1. The Hall–Kier alpha value is -2.39. The van der Waals surface area contributed by atoms with Gasteiger partial charge in [-0.1, -0.05) is 0 Å². The molecule has 138 valence electrons. The highest BCUT2D eigenvalue weighted by Gasteiger charge is 2.30. The number of nitro groups is 1. The van der Waals surface area contributed by atoms with Crippen molar-refractivity contribution in [2.24, 2.45) is 11.7 Å². The van der Waals surface area contributed by atoms with E-state index in [-0.39, 0.29) is 41.9 Å². The summed E-state index contributed by atoms with van der Waals surface area (Å²) < 4.78 is 15.5. The van der Waals surface area contributed by atoms with Crippen molar-refractivity contribution < 1.29 is 23.9 Å². The lowest BCUT2D eigenvalue weighted by atomic mass is 10.1. The van der Waals surface area contributed by atoms with Crippen molar-refractivity contribution >= 4 is 11.6 Å². The second kappa shape index (κ2) is 8.63. The number of hydrogen-bond donors (Lipinski definition) is 2. The van der Waals surface area contributed by atoms with Gasteiger partial charge in [-0.25, -0.2) is 0 Å². The van der Waals surface area contributed by atoms with Gasteiger partial charge in [-0.2, -0.15) is 0 Å². The Balaban J connectivity index is 2.19. The van der Waals surface area contributed by atoms with Crippen molar-refractivity contribution in [3.63, 3.8) is 0 Å². The zero-order valence-electron chi connectivity index (χ0n) is 14.3. The van der Waals surface area contributed by atoms with Gasteiger partial charge in [0.2, 0.25) is 0 Å². The first-order valence-corrected chi connectivity index (χ1v) is 7.99. The van der Waals surface area contributed by atoms with Crippen LogP contribution in [0.15, 0.2) is 12.1 Å². The van der Waals surface area contributed by atoms with Crippen molar-refractivity contribution in [2.45, 2.75) is 18.9 Å². The lowest BCUT2D eigenvalue weighted by molar-refractivity contribution is -0.385. The molecule has 3 N–H and O–H groups in total. The molecule has 0 saturated heterocycles. The third kappa shape index (κ3) is 5.04. The number of hydrogen-bond acceptors (Lipinski definition) is 7. The van der Waals surface area contributed by atoms with Gasteiger partial charge in [-0.15, -0.1) is 0 Å². The third-order valence-corrected chi connectivity index (χ3v) is 3.99. The van der Waals surface area contributed by atoms with Crippen LogP contribution in [-0.2, 0) is 4.74 Å². The van der Waals surface area contributed by atoms with Crippen LogP contribution in [0, 0.1) is 16.0 Å². The highest BCUT2D eigenvalue weighted by Crippen LogP contribution is 2.35. The van der Waals surface area contributed by atoms with Crippen LogP contribution in [0.25, 0.3) is 0 Å². The average Bonchev–Trinajstić information content (AvgIpc) is 3.44. The fraction of sp³-hybridized carbons (Fsp3) is 0.562. The van der Waals surface area contributed by atoms with E-state index in [1.807, 2.05) is 0 Å². The molecule has 2 rings (SSSR count). The molecule has 9 heteroatoms. The summed E-state index contributed by atoms with van der Waals surface area (Å²) >= 11 is 0. The molecule has 0 bridgehead atoms. The zero-order valence-corrected chi connectivity index (χ0v) is 14.3. The molecule has 1 aliphatic rings. The van der Waals surface area contributed by atoms with E-state index in [9.17, 15) is 14.9 Å². The minimum absolute atomic E-state index is 0.0936. The highest BCUT2D eigenvalue weighted by molar-refractivity contribution is 5.99. The van der Waals surface area contributed by atoms with Gasteiger partial charge in [0.25, 0.3) is 11.6 Å². The number of nitrogens with zero attached hydrogens (tertiary/aromatic N) is 1. The van der Waals surface area contributed by atoms with Crippen molar-refractivity contribution in [3.05, 3.63) is 27.8 Å². The van der Waals surface area contributed by atoms with Gasteiger partial charge in [0.05, 0.1) is 24.7 Å². The lowest BCUT2D eigenvalue weighted by Gasteiger charge is -2.14. The quantitative estimate of drug-likeness (QED) is 0.366. The molecule has 0 aromatic heterocycles. The maximum Gasteiger partial charge on any atom is 0.286 e. The number of methoxy groups -OCH3 is 2. The Morgan fingerprint density at radius 2 is 2.08 bits per heavy atom. The van der Waals surface area contributed by atoms with E-state index in [0.717, 1.165) is 12.8 Å². The normalized spacial score (nSPS) is 14.7. The van der Waals surface area contributed by atoms with Crippen molar-refractivity contribution in [2.75, 3.05) is 34.0 Å². The molecule has 9 nitrogen and oxygen atoms in total. The van der Waals surface area contributed by atoms with Gasteiger partial charge >= 0.3 is 0 Å². The summed E-state index contributed by atoms with van der Waals surface area (Å²) in [6, 6.07) is 2.35. The second-order valence-electron chi connectivity index (χ2n) is 5.83. The van der Waals surface area contributed by atoms with E-state index in [4.69, 9.17) is 19.9 Å². The summed E-state index contributed by atoms with van der Waals surface area (Å²) in [5.41, 5.74) is 5.50. The van der Waals surface area contributed by atoms with Crippen LogP contribution in [0.1, 0.15) is 23.2 Å². The van der Waals surface area contributed by atoms with Crippen molar-refractivity contribution in [1.29, 1.82) is 0 Å². The molecular formula is C16H23N3O6. The topological polar surface area (TPSA) is 126 Å². The molecule has 1 atom stereocenters. The zero-order chi connectivity index (χ0) is 18.4. The molecule has 1 aromatic carbocycles. The third-order valence-electron chi connectivity index (χ3n) is 3.99. The molecule has 1 aliphatic carbocycles. The predicted octanol–water partition coefficient (Wildman–Crippen LogP) is 1.10. The molecule has 1 unspecified atom stereocenters. The molecule has 0 aliphatic heterocycles. The molecule has 1 aromatic rings. The highest BCUT2D eigenvalue weighted by atomic mass is 16.6. The van der Waals surface area contributed by atoms with Crippen LogP contribution >= 0.6 is 0 Å². The summed E-state index contributed by atoms with van der Waals surface area (Å²) in [5.74, 6) is 0.266. The molecular weight excluding hydrogens is 330 g/mol. The number of amides is 1. The van der Waals surface area contributed by atoms with E-state index in [1.165, 1.54) is 26.4 Å².